The Bertz CT molecular complexity index is 763. The van der Waals surface area contributed by atoms with Crippen LogP contribution in [0.3, 0.4) is 0 Å². The maximum atomic E-state index is 9.70. The van der Waals surface area contributed by atoms with Crippen LogP contribution in [-0.2, 0) is 14.1 Å². The van der Waals surface area contributed by atoms with Crippen LogP contribution >= 0.6 is 0 Å². The van der Waals surface area contributed by atoms with Crippen LogP contribution in [0.15, 0.2) is 24.3 Å². The van der Waals surface area contributed by atoms with Gasteiger partial charge in [0.05, 0.1) is 5.69 Å². The van der Waals surface area contributed by atoms with Gasteiger partial charge in [0.25, 0.3) is 0 Å². The van der Waals surface area contributed by atoms with Gasteiger partial charge in [0.1, 0.15) is 11.6 Å². The molecule has 0 aliphatic carbocycles. The lowest BCUT2D eigenvalue weighted by molar-refractivity contribution is 0.476. The molecule has 2 aromatic heterocycles. The van der Waals surface area contributed by atoms with Crippen LogP contribution in [0.4, 0.5) is 5.82 Å². The first-order valence-corrected chi connectivity index (χ1v) is 6.07. The summed E-state index contributed by atoms with van der Waals surface area (Å²) in [5.41, 5.74) is 9.86. The second kappa shape index (κ2) is 3.78. The molecule has 3 aromatic rings. The Kier molecular flexibility index (Phi) is 2.32. The molecule has 2 heterocycles. The fourth-order valence-electron chi connectivity index (χ4n) is 2.49. The van der Waals surface area contributed by atoms with Gasteiger partial charge in [-0.25, -0.2) is 0 Å². The van der Waals surface area contributed by atoms with E-state index in [2.05, 4.69) is 9.67 Å². The number of nitrogens with zero attached hydrogens (tertiary/aromatic N) is 3. The SMILES string of the molecule is Cc1c(-c2cc(N)n(C)n2)c2cc(O)ccc2n1C. The zero-order valence-corrected chi connectivity index (χ0v) is 11.2. The molecule has 3 N–H and O–H groups in total. The van der Waals surface area contributed by atoms with Crippen molar-refractivity contribution in [3.05, 3.63) is 30.0 Å². The Balaban J connectivity index is 2.39. The second-order valence-corrected chi connectivity index (χ2v) is 4.80. The molecule has 0 amide bonds. The molecule has 3 rings (SSSR count). The van der Waals surface area contributed by atoms with E-state index in [-0.39, 0.29) is 5.75 Å². The number of anilines is 1. The van der Waals surface area contributed by atoms with Gasteiger partial charge in [-0.15, -0.1) is 0 Å². The van der Waals surface area contributed by atoms with E-state index in [0.717, 1.165) is 27.9 Å². The molecule has 19 heavy (non-hydrogen) atoms. The van der Waals surface area contributed by atoms with Crippen LogP contribution in [-0.4, -0.2) is 19.5 Å². The number of nitrogen functional groups attached to an aromatic ring is 1. The van der Waals surface area contributed by atoms with Crippen molar-refractivity contribution in [3.63, 3.8) is 0 Å². The van der Waals surface area contributed by atoms with Crippen molar-refractivity contribution in [1.29, 1.82) is 0 Å². The summed E-state index contributed by atoms with van der Waals surface area (Å²) in [7, 11) is 3.82. The molecule has 0 saturated carbocycles. The lowest BCUT2D eigenvalue weighted by Gasteiger charge is -1.98. The Morgan fingerprint density at radius 3 is 2.58 bits per heavy atom. The minimum Gasteiger partial charge on any atom is -0.508 e. The highest BCUT2D eigenvalue weighted by Gasteiger charge is 2.17. The molecule has 0 aliphatic heterocycles. The molecule has 98 valence electrons. The molecule has 5 nitrogen and oxygen atoms in total. The number of aromatic hydroxyl groups is 1. The standard InChI is InChI=1S/C14H16N4O/c1-8-14(11-7-13(15)18(3)16-11)10-6-9(19)4-5-12(10)17(8)2/h4-7,19H,15H2,1-3H3. The lowest BCUT2D eigenvalue weighted by atomic mass is 10.1. The number of phenolic OH excluding ortho intramolecular Hbond substituents is 1. The molecule has 0 fully saturated rings. The molecule has 0 radical (unpaired) electrons. The molecule has 0 bridgehead atoms. The van der Waals surface area contributed by atoms with Gasteiger partial charge in [-0.2, -0.15) is 5.10 Å². The van der Waals surface area contributed by atoms with Gasteiger partial charge in [0.2, 0.25) is 0 Å². The molecule has 5 heteroatoms. The summed E-state index contributed by atoms with van der Waals surface area (Å²) in [6.07, 6.45) is 0. The minimum absolute atomic E-state index is 0.253. The topological polar surface area (TPSA) is 69.0 Å². The minimum atomic E-state index is 0.253. The normalized spacial score (nSPS) is 11.3. The summed E-state index contributed by atoms with van der Waals surface area (Å²) in [4.78, 5) is 0. The summed E-state index contributed by atoms with van der Waals surface area (Å²) < 4.78 is 3.74. The van der Waals surface area contributed by atoms with Crippen LogP contribution in [0.5, 0.6) is 5.75 Å². The maximum Gasteiger partial charge on any atom is 0.121 e. The van der Waals surface area contributed by atoms with Gasteiger partial charge < -0.3 is 15.4 Å². The first-order valence-electron chi connectivity index (χ1n) is 6.07. The van der Waals surface area contributed by atoms with E-state index >= 15 is 0 Å². The molecular formula is C14H16N4O. The van der Waals surface area contributed by atoms with E-state index in [0.29, 0.717) is 5.82 Å². The van der Waals surface area contributed by atoms with Crippen molar-refractivity contribution < 1.29 is 5.11 Å². The number of benzene rings is 1. The monoisotopic (exact) mass is 256 g/mol. The number of phenols is 1. The zero-order valence-electron chi connectivity index (χ0n) is 11.2. The van der Waals surface area contributed by atoms with Gasteiger partial charge >= 0.3 is 0 Å². The molecular weight excluding hydrogens is 240 g/mol. The summed E-state index contributed by atoms with van der Waals surface area (Å²) in [5.74, 6) is 0.870. The number of nitrogens with two attached hydrogens (primary N) is 1. The summed E-state index contributed by atoms with van der Waals surface area (Å²) in [6, 6.07) is 7.22. The van der Waals surface area contributed by atoms with E-state index in [1.54, 1.807) is 16.8 Å². The van der Waals surface area contributed by atoms with Gasteiger partial charge in [0.15, 0.2) is 0 Å². The Labute approximate surface area is 110 Å². The third-order valence-electron chi connectivity index (χ3n) is 3.65. The third kappa shape index (κ3) is 1.58. The number of hydrogen-bond donors (Lipinski definition) is 2. The Morgan fingerprint density at radius 2 is 1.95 bits per heavy atom. The van der Waals surface area contributed by atoms with Gasteiger partial charge in [0, 0.05) is 42.3 Å². The number of aromatic nitrogens is 3. The van der Waals surface area contributed by atoms with E-state index in [4.69, 9.17) is 5.73 Å². The molecule has 1 aromatic carbocycles. The number of fused-ring (bicyclic) bond motifs is 1. The number of aryl methyl sites for hydroxylation is 2. The first kappa shape index (κ1) is 11.6. The Morgan fingerprint density at radius 1 is 1.21 bits per heavy atom. The average Bonchev–Trinajstić information content (AvgIpc) is 2.79. The van der Waals surface area contributed by atoms with E-state index < -0.39 is 0 Å². The highest BCUT2D eigenvalue weighted by atomic mass is 16.3. The second-order valence-electron chi connectivity index (χ2n) is 4.80. The smallest absolute Gasteiger partial charge is 0.121 e. The maximum absolute atomic E-state index is 9.70. The Hall–Kier alpha value is -2.43. The zero-order chi connectivity index (χ0) is 13.7. The van der Waals surface area contributed by atoms with Crippen molar-refractivity contribution in [3.8, 4) is 17.0 Å². The van der Waals surface area contributed by atoms with Crippen molar-refractivity contribution >= 4 is 16.7 Å². The summed E-state index contributed by atoms with van der Waals surface area (Å²) in [5, 5.41) is 15.1. The molecule has 0 spiro atoms. The molecule has 0 atom stereocenters. The van der Waals surface area contributed by atoms with Gasteiger partial charge in [-0.1, -0.05) is 0 Å². The summed E-state index contributed by atoms with van der Waals surface area (Å²) in [6.45, 7) is 2.04. The van der Waals surface area contributed by atoms with Gasteiger partial charge in [-0.05, 0) is 25.1 Å². The lowest BCUT2D eigenvalue weighted by Crippen LogP contribution is -1.96. The predicted molar refractivity (Wildman–Crippen MR) is 75.9 cm³/mol. The first-order chi connectivity index (χ1) is 8.99. The quantitative estimate of drug-likeness (QED) is 0.701. The van der Waals surface area contributed by atoms with Crippen molar-refractivity contribution in [1.82, 2.24) is 14.3 Å². The highest BCUT2D eigenvalue weighted by molar-refractivity contribution is 5.98. The van der Waals surface area contributed by atoms with Crippen molar-refractivity contribution in [2.45, 2.75) is 6.92 Å². The fraction of sp³-hybridized carbons (Fsp3) is 0.214. The van der Waals surface area contributed by atoms with E-state index in [1.807, 2.05) is 33.2 Å². The van der Waals surface area contributed by atoms with Crippen molar-refractivity contribution in [2.75, 3.05) is 5.73 Å². The highest BCUT2D eigenvalue weighted by Crippen LogP contribution is 2.35. The average molecular weight is 256 g/mol. The van der Waals surface area contributed by atoms with Gasteiger partial charge in [-0.3, -0.25) is 4.68 Å². The predicted octanol–water partition coefficient (Wildman–Crippen LogP) is 2.18. The molecule has 0 saturated heterocycles. The number of rotatable bonds is 1. The van der Waals surface area contributed by atoms with E-state index in [9.17, 15) is 5.11 Å². The van der Waals surface area contributed by atoms with Crippen LogP contribution in [0, 0.1) is 6.92 Å². The van der Waals surface area contributed by atoms with Crippen LogP contribution in [0.1, 0.15) is 5.69 Å². The fourth-order valence-corrected chi connectivity index (χ4v) is 2.49. The van der Waals surface area contributed by atoms with Crippen LogP contribution < -0.4 is 5.73 Å². The molecule has 0 unspecified atom stereocenters. The van der Waals surface area contributed by atoms with Crippen LogP contribution in [0.25, 0.3) is 22.2 Å². The van der Waals surface area contributed by atoms with E-state index in [1.165, 1.54) is 0 Å². The summed E-state index contributed by atoms with van der Waals surface area (Å²) >= 11 is 0. The molecule has 0 aliphatic rings. The van der Waals surface area contributed by atoms with Crippen molar-refractivity contribution in [2.24, 2.45) is 14.1 Å². The third-order valence-corrected chi connectivity index (χ3v) is 3.65. The van der Waals surface area contributed by atoms with Crippen LogP contribution in [0.2, 0.25) is 0 Å². The number of hydrogen-bond acceptors (Lipinski definition) is 3. The largest absolute Gasteiger partial charge is 0.508 e.